The summed E-state index contributed by atoms with van der Waals surface area (Å²) in [5.74, 6) is 0.241. The van der Waals surface area contributed by atoms with Crippen LogP contribution in [0.4, 0.5) is 11.4 Å². The highest BCUT2D eigenvalue weighted by Gasteiger charge is 2.13. The van der Waals surface area contributed by atoms with E-state index >= 15 is 0 Å². The van der Waals surface area contributed by atoms with Gasteiger partial charge in [-0.05, 0) is 83.5 Å². The van der Waals surface area contributed by atoms with Crippen molar-refractivity contribution in [2.45, 2.75) is 26.7 Å². The summed E-state index contributed by atoms with van der Waals surface area (Å²) in [6.45, 7) is 10.9. The van der Waals surface area contributed by atoms with Crippen molar-refractivity contribution in [3.05, 3.63) is 192 Å². The summed E-state index contributed by atoms with van der Waals surface area (Å²) in [6, 6.07) is 47.1. The molecule has 0 aliphatic heterocycles. The SMILES string of the molecule is C=C(/C=C\C(C)c1ccc(/C=C\C(=C/C)c2ccccc2)cc1)N(c1ccc(C)cc1)c1ccc(-c2ccccc2)cc1. The number of benzene rings is 5. The highest BCUT2D eigenvalue weighted by atomic mass is 15.1. The molecule has 1 heteroatoms. The third-order valence-electron chi connectivity index (χ3n) is 7.73. The number of aryl methyl sites for hydroxylation is 1. The van der Waals surface area contributed by atoms with Crippen LogP contribution >= 0.6 is 0 Å². The molecule has 0 saturated heterocycles. The van der Waals surface area contributed by atoms with Crippen molar-refractivity contribution >= 4 is 23.0 Å². The Labute approximate surface area is 257 Å². The molecule has 43 heavy (non-hydrogen) atoms. The Morgan fingerprint density at radius 2 is 1.21 bits per heavy atom. The molecule has 5 aromatic rings. The molecule has 0 aliphatic carbocycles. The van der Waals surface area contributed by atoms with E-state index in [-0.39, 0.29) is 5.92 Å². The minimum Gasteiger partial charge on any atom is -0.311 e. The summed E-state index contributed by atoms with van der Waals surface area (Å²) in [6.07, 6.45) is 10.9. The molecule has 0 aromatic heterocycles. The third kappa shape index (κ3) is 7.58. The molecule has 0 amide bonds. The number of rotatable bonds is 10. The number of allylic oxidation sites excluding steroid dienone is 5. The van der Waals surface area contributed by atoms with E-state index in [4.69, 9.17) is 0 Å². The van der Waals surface area contributed by atoms with Gasteiger partial charge in [-0.25, -0.2) is 0 Å². The second-order valence-electron chi connectivity index (χ2n) is 10.8. The van der Waals surface area contributed by atoms with Crippen LogP contribution < -0.4 is 4.90 Å². The maximum absolute atomic E-state index is 4.49. The zero-order chi connectivity index (χ0) is 30.0. The average molecular weight is 558 g/mol. The fourth-order valence-corrected chi connectivity index (χ4v) is 5.14. The zero-order valence-corrected chi connectivity index (χ0v) is 25.3. The largest absolute Gasteiger partial charge is 0.311 e. The van der Waals surface area contributed by atoms with E-state index in [1.165, 1.54) is 39.0 Å². The number of hydrogen-bond acceptors (Lipinski definition) is 1. The third-order valence-corrected chi connectivity index (χ3v) is 7.73. The first kappa shape index (κ1) is 29.4. The monoisotopic (exact) mass is 557 g/mol. The van der Waals surface area contributed by atoms with Crippen LogP contribution in [0.5, 0.6) is 0 Å². The van der Waals surface area contributed by atoms with Crippen LogP contribution in [0.15, 0.2) is 170 Å². The van der Waals surface area contributed by atoms with E-state index in [1.807, 2.05) is 12.1 Å². The van der Waals surface area contributed by atoms with Crippen LogP contribution in [0.3, 0.4) is 0 Å². The maximum Gasteiger partial charge on any atom is 0.0461 e. The molecule has 5 rings (SSSR count). The first-order valence-electron chi connectivity index (χ1n) is 14.9. The molecule has 5 aromatic carbocycles. The summed E-state index contributed by atoms with van der Waals surface area (Å²) in [4.78, 5) is 2.22. The Morgan fingerprint density at radius 3 is 1.81 bits per heavy atom. The molecule has 0 fully saturated rings. The average Bonchev–Trinajstić information content (AvgIpc) is 3.06. The molecule has 0 spiro atoms. The molecule has 0 N–H and O–H groups in total. The Balaban J connectivity index is 1.31. The summed E-state index contributed by atoms with van der Waals surface area (Å²) < 4.78 is 0. The number of anilines is 2. The van der Waals surface area contributed by atoms with Gasteiger partial charge in [0.15, 0.2) is 0 Å². The number of nitrogens with zero attached hydrogens (tertiary/aromatic N) is 1. The van der Waals surface area contributed by atoms with Gasteiger partial charge in [-0.2, -0.15) is 0 Å². The molecular weight excluding hydrogens is 518 g/mol. The van der Waals surface area contributed by atoms with Crippen molar-refractivity contribution in [3.63, 3.8) is 0 Å². The Bertz CT molecular complexity index is 1700. The standard InChI is InChI=1S/C42H39N/c1-5-36(38-12-8-6-9-13-38)23-20-35-21-24-37(25-22-35)33(3)18-19-34(4)43(41-28-16-32(2)17-29-41)42-30-26-40(27-31-42)39-14-10-7-11-15-39/h5-31,33H,4H2,1-3H3/b19-18-,23-20-,36-5+. The molecule has 0 radical (unpaired) electrons. The van der Waals surface area contributed by atoms with Gasteiger partial charge >= 0.3 is 0 Å². The molecule has 1 atom stereocenters. The van der Waals surface area contributed by atoms with Gasteiger partial charge in [0.2, 0.25) is 0 Å². The van der Waals surface area contributed by atoms with Crippen LogP contribution in [0.1, 0.15) is 42.0 Å². The van der Waals surface area contributed by atoms with Gasteiger partial charge in [-0.3, -0.25) is 0 Å². The summed E-state index contributed by atoms with van der Waals surface area (Å²) >= 11 is 0. The number of hydrogen-bond donors (Lipinski definition) is 0. The topological polar surface area (TPSA) is 3.24 Å². The highest BCUT2D eigenvalue weighted by Crippen LogP contribution is 2.32. The molecule has 1 nitrogen and oxygen atoms in total. The van der Waals surface area contributed by atoms with Gasteiger partial charge in [-0.15, -0.1) is 0 Å². The second-order valence-corrected chi connectivity index (χ2v) is 10.8. The summed E-state index contributed by atoms with van der Waals surface area (Å²) in [7, 11) is 0. The first-order chi connectivity index (χ1) is 21.0. The predicted octanol–water partition coefficient (Wildman–Crippen LogP) is 11.8. The van der Waals surface area contributed by atoms with Gasteiger partial charge < -0.3 is 4.90 Å². The molecule has 0 aliphatic rings. The summed E-state index contributed by atoms with van der Waals surface area (Å²) in [5, 5.41) is 0. The smallest absolute Gasteiger partial charge is 0.0461 e. The van der Waals surface area contributed by atoms with E-state index in [0.29, 0.717) is 0 Å². The van der Waals surface area contributed by atoms with E-state index in [2.05, 4.69) is 184 Å². The van der Waals surface area contributed by atoms with Crippen molar-refractivity contribution in [2.24, 2.45) is 0 Å². The van der Waals surface area contributed by atoms with Crippen LogP contribution in [0.25, 0.3) is 22.8 Å². The lowest BCUT2D eigenvalue weighted by Crippen LogP contribution is -2.14. The molecule has 0 saturated carbocycles. The van der Waals surface area contributed by atoms with E-state index < -0.39 is 0 Å². The molecule has 1 unspecified atom stereocenters. The Morgan fingerprint density at radius 1 is 0.651 bits per heavy atom. The van der Waals surface area contributed by atoms with Crippen molar-refractivity contribution in [3.8, 4) is 11.1 Å². The normalized spacial score (nSPS) is 12.5. The van der Waals surface area contributed by atoms with Gasteiger partial charge in [0.05, 0.1) is 0 Å². The van der Waals surface area contributed by atoms with E-state index in [0.717, 1.165) is 17.1 Å². The molecule has 0 heterocycles. The van der Waals surface area contributed by atoms with Crippen molar-refractivity contribution in [1.82, 2.24) is 0 Å². The van der Waals surface area contributed by atoms with Crippen LogP contribution in [-0.4, -0.2) is 0 Å². The van der Waals surface area contributed by atoms with Crippen LogP contribution in [0, 0.1) is 6.92 Å². The van der Waals surface area contributed by atoms with E-state index in [9.17, 15) is 0 Å². The van der Waals surface area contributed by atoms with Crippen molar-refractivity contribution in [1.29, 1.82) is 0 Å². The van der Waals surface area contributed by atoms with Gasteiger partial charge in [0.25, 0.3) is 0 Å². The predicted molar refractivity (Wildman–Crippen MR) is 187 cm³/mol. The van der Waals surface area contributed by atoms with E-state index in [1.54, 1.807) is 0 Å². The molecule has 0 bridgehead atoms. The van der Waals surface area contributed by atoms with Crippen LogP contribution in [-0.2, 0) is 0 Å². The molecular formula is C42H39N. The fourth-order valence-electron chi connectivity index (χ4n) is 5.14. The minimum atomic E-state index is 0.241. The van der Waals surface area contributed by atoms with Crippen molar-refractivity contribution in [2.75, 3.05) is 4.90 Å². The summed E-state index contributed by atoms with van der Waals surface area (Å²) in [5.41, 5.74) is 11.6. The van der Waals surface area contributed by atoms with Gasteiger partial charge in [0.1, 0.15) is 0 Å². The van der Waals surface area contributed by atoms with Gasteiger partial charge in [-0.1, -0.05) is 153 Å². The molecule has 212 valence electrons. The maximum atomic E-state index is 4.49. The zero-order valence-electron chi connectivity index (χ0n) is 25.3. The minimum absolute atomic E-state index is 0.241. The second kappa shape index (κ2) is 14.2. The van der Waals surface area contributed by atoms with Crippen molar-refractivity contribution < 1.29 is 0 Å². The lowest BCUT2D eigenvalue weighted by molar-refractivity contribution is 0.964. The lowest BCUT2D eigenvalue weighted by atomic mass is 9.98. The quantitative estimate of drug-likeness (QED) is 0.154. The van der Waals surface area contributed by atoms with Crippen LogP contribution in [0.2, 0.25) is 0 Å². The first-order valence-corrected chi connectivity index (χ1v) is 14.9. The highest BCUT2D eigenvalue weighted by molar-refractivity contribution is 5.78. The Hall–Kier alpha value is -5.14. The fraction of sp³-hybridized carbons (Fsp3) is 0.0952. The lowest BCUT2D eigenvalue weighted by Gasteiger charge is -2.26. The Kier molecular flexibility index (Phi) is 9.67. The van der Waals surface area contributed by atoms with Gasteiger partial charge in [0, 0.05) is 17.1 Å².